The Morgan fingerprint density at radius 1 is 1.19 bits per heavy atom. The molecule has 1 N–H and O–H groups in total. The summed E-state index contributed by atoms with van der Waals surface area (Å²) >= 11 is 6.06. The molecule has 0 aliphatic carbocycles. The van der Waals surface area contributed by atoms with Gasteiger partial charge in [-0.3, -0.25) is 14.9 Å². The van der Waals surface area contributed by atoms with Crippen LogP contribution in [0, 0.1) is 21.4 Å². The van der Waals surface area contributed by atoms with E-state index in [-0.39, 0.29) is 27.9 Å². The van der Waals surface area contributed by atoms with Gasteiger partial charge in [0, 0.05) is 29.5 Å². The first-order valence-corrected chi connectivity index (χ1v) is 9.11. The minimum absolute atomic E-state index is 0.0619. The number of hydrogen-bond donors (Lipinski definition) is 1. The van der Waals surface area contributed by atoms with Gasteiger partial charge in [0.1, 0.15) is 23.2 Å². The second-order valence-electron chi connectivity index (χ2n) is 6.33. The molecule has 0 bridgehead atoms. The van der Waals surface area contributed by atoms with Crippen LogP contribution in [-0.4, -0.2) is 10.8 Å². The summed E-state index contributed by atoms with van der Waals surface area (Å²) < 4.78 is 44.0. The topological polar surface area (TPSA) is 109 Å². The van der Waals surface area contributed by atoms with E-state index < -0.39 is 28.1 Å². The van der Waals surface area contributed by atoms with Gasteiger partial charge in [0.15, 0.2) is 0 Å². The SMILES string of the molecule is N#C/C(=C/c1ccc(-c2ccc([N+](=O)[O-])cc2Cl)o1)C(=O)Nc1cccc(C(F)(F)F)c1. The molecule has 1 aromatic heterocycles. The first kappa shape index (κ1) is 22.6. The van der Waals surface area contributed by atoms with Crippen LogP contribution in [0.15, 0.2) is 64.6 Å². The Hall–Kier alpha value is -4.10. The Morgan fingerprint density at radius 2 is 1.94 bits per heavy atom. The molecule has 11 heteroatoms. The number of nitro groups is 1. The van der Waals surface area contributed by atoms with Crippen molar-refractivity contribution in [2.24, 2.45) is 0 Å². The van der Waals surface area contributed by atoms with Gasteiger partial charge < -0.3 is 9.73 Å². The van der Waals surface area contributed by atoms with Gasteiger partial charge in [-0.1, -0.05) is 17.7 Å². The lowest BCUT2D eigenvalue weighted by molar-refractivity contribution is -0.384. The van der Waals surface area contributed by atoms with Gasteiger partial charge in [0.05, 0.1) is 15.5 Å². The molecule has 162 valence electrons. The van der Waals surface area contributed by atoms with E-state index in [1.807, 2.05) is 0 Å². The molecular weight excluding hydrogens is 451 g/mol. The molecule has 0 radical (unpaired) electrons. The third-order valence-corrected chi connectivity index (χ3v) is 4.47. The van der Waals surface area contributed by atoms with E-state index in [1.54, 1.807) is 6.07 Å². The second-order valence-corrected chi connectivity index (χ2v) is 6.73. The molecule has 3 aromatic rings. The number of anilines is 1. The number of alkyl halides is 3. The summed E-state index contributed by atoms with van der Waals surface area (Å²) in [5.74, 6) is -0.616. The van der Waals surface area contributed by atoms with Crippen molar-refractivity contribution < 1.29 is 27.3 Å². The zero-order chi connectivity index (χ0) is 23.5. The number of furan rings is 1. The van der Waals surface area contributed by atoms with Crippen molar-refractivity contribution in [3.05, 3.63) is 86.6 Å². The normalized spacial score (nSPS) is 11.7. The maximum atomic E-state index is 12.8. The number of halogens is 4. The van der Waals surface area contributed by atoms with Crippen LogP contribution in [-0.2, 0) is 11.0 Å². The van der Waals surface area contributed by atoms with Crippen molar-refractivity contribution in [2.45, 2.75) is 6.18 Å². The Kier molecular flexibility index (Phi) is 6.32. The van der Waals surface area contributed by atoms with Crippen LogP contribution < -0.4 is 5.32 Å². The highest BCUT2D eigenvalue weighted by Gasteiger charge is 2.30. The molecule has 3 rings (SSSR count). The fraction of sp³-hybridized carbons (Fsp3) is 0.0476. The molecule has 0 saturated carbocycles. The number of non-ortho nitro benzene ring substituents is 1. The van der Waals surface area contributed by atoms with Crippen LogP contribution >= 0.6 is 11.6 Å². The van der Waals surface area contributed by atoms with Crippen molar-refractivity contribution >= 4 is 35.0 Å². The summed E-state index contributed by atoms with van der Waals surface area (Å²) in [7, 11) is 0. The molecule has 7 nitrogen and oxygen atoms in total. The van der Waals surface area contributed by atoms with E-state index in [9.17, 15) is 33.3 Å². The molecule has 2 aromatic carbocycles. The molecule has 0 saturated heterocycles. The average Bonchev–Trinajstić information content (AvgIpc) is 3.19. The number of nitrogens with one attached hydrogen (secondary N) is 1. The van der Waals surface area contributed by atoms with E-state index in [2.05, 4.69) is 5.32 Å². The van der Waals surface area contributed by atoms with Crippen LogP contribution in [0.3, 0.4) is 0 Å². The number of benzene rings is 2. The molecule has 0 atom stereocenters. The Morgan fingerprint density at radius 3 is 2.56 bits per heavy atom. The third-order valence-electron chi connectivity index (χ3n) is 4.16. The Bertz CT molecular complexity index is 1280. The van der Waals surface area contributed by atoms with Gasteiger partial charge in [0.25, 0.3) is 11.6 Å². The van der Waals surface area contributed by atoms with Crippen molar-refractivity contribution in [2.75, 3.05) is 5.32 Å². The van der Waals surface area contributed by atoms with Gasteiger partial charge >= 0.3 is 6.18 Å². The van der Waals surface area contributed by atoms with E-state index in [0.717, 1.165) is 30.3 Å². The highest BCUT2D eigenvalue weighted by molar-refractivity contribution is 6.33. The Labute approximate surface area is 183 Å². The summed E-state index contributed by atoms with van der Waals surface area (Å²) in [4.78, 5) is 22.5. The number of carbonyl (C=O) groups excluding carboxylic acids is 1. The number of carbonyl (C=O) groups is 1. The summed E-state index contributed by atoms with van der Waals surface area (Å²) in [6, 6.07) is 12.3. The van der Waals surface area contributed by atoms with Gasteiger partial charge in [-0.15, -0.1) is 0 Å². The predicted molar refractivity (Wildman–Crippen MR) is 109 cm³/mol. The first-order valence-electron chi connectivity index (χ1n) is 8.73. The van der Waals surface area contributed by atoms with Gasteiger partial charge in [-0.05, 0) is 36.4 Å². The number of nitro benzene ring substituents is 1. The van der Waals surface area contributed by atoms with Gasteiger partial charge in [-0.2, -0.15) is 18.4 Å². The lowest BCUT2D eigenvalue weighted by Crippen LogP contribution is -2.14. The lowest BCUT2D eigenvalue weighted by Gasteiger charge is -2.09. The van der Waals surface area contributed by atoms with Gasteiger partial charge in [-0.25, -0.2) is 0 Å². The zero-order valence-corrected chi connectivity index (χ0v) is 16.6. The number of nitriles is 1. The average molecular weight is 462 g/mol. The van der Waals surface area contributed by atoms with Crippen LogP contribution in [0.5, 0.6) is 0 Å². The van der Waals surface area contributed by atoms with E-state index in [0.29, 0.717) is 5.56 Å². The molecule has 1 amide bonds. The van der Waals surface area contributed by atoms with Crippen LogP contribution in [0.2, 0.25) is 5.02 Å². The molecule has 0 fully saturated rings. The number of amides is 1. The number of nitrogens with zero attached hydrogens (tertiary/aromatic N) is 2. The largest absolute Gasteiger partial charge is 0.457 e. The monoisotopic (exact) mass is 461 g/mol. The van der Waals surface area contributed by atoms with E-state index in [4.69, 9.17) is 16.0 Å². The first-order chi connectivity index (χ1) is 15.1. The third kappa shape index (κ3) is 5.14. The lowest BCUT2D eigenvalue weighted by atomic mass is 10.1. The van der Waals surface area contributed by atoms with Gasteiger partial charge in [0.2, 0.25) is 0 Å². The molecule has 32 heavy (non-hydrogen) atoms. The maximum Gasteiger partial charge on any atom is 0.416 e. The minimum Gasteiger partial charge on any atom is -0.457 e. The van der Waals surface area contributed by atoms with E-state index >= 15 is 0 Å². The van der Waals surface area contributed by atoms with Crippen LogP contribution in [0.1, 0.15) is 11.3 Å². The highest BCUT2D eigenvalue weighted by Crippen LogP contribution is 2.33. The number of rotatable bonds is 5. The van der Waals surface area contributed by atoms with Crippen molar-refractivity contribution in [1.29, 1.82) is 5.26 Å². The maximum absolute atomic E-state index is 12.8. The molecule has 1 heterocycles. The van der Waals surface area contributed by atoms with Crippen molar-refractivity contribution in [3.8, 4) is 17.4 Å². The van der Waals surface area contributed by atoms with Crippen molar-refractivity contribution in [3.63, 3.8) is 0 Å². The summed E-state index contributed by atoms with van der Waals surface area (Å²) in [5.41, 5.74) is -1.36. The number of hydrogen-bond acceptors (Lipinski definition) is 5. The zero-order valence-electron chi connectivity index (χ0n) is 15.8. The quantitative estimate of drug-likeness (QED) is 0.214. The molecule has 0 aliphatic rings. The predicted octanol–water partition coefficient (Wildman–Crippen LogP) is 6.07. The Balaban J connectivity index is 1.82. The minimum atomic E-state index is -4.58. The van der Waals surface area contributed by atoms with E-state index in [1.165, 1.54) is 30.3 Å². The fourth-order valence-corrected chi connectivity index (χ4v) is 2.92. The highest BCUT2D eigenvalue weighted by atomic mass is 35.5. The standard InChI is InChI=1S/C21H11ClF3N3O4/c22-18-10-15(28(30)31)4-6-17(18)19-7-5-16(32-19)8-12(11-26)20(29)27-14-3-1-2-13(9-14)21(23,24)25/h1-10H,(H,27,29)/b12-8-. The molecule has 0 unspecified atom stereocenters. The van der Waals surface area contributed by atoms with Crippen LogP contribution in [0.25, 0.3) is 17.4 Å². The summed E-state index contributed by atoms with van der Waals surface area (Å²) in [6.07, 6.45) is -3.48. The summed E-state index contributed by atoms with van der Waals surface area (Å²) in [6.45, 7) is 0. The fourth-order valence-electron chi connectivity index (χ4n) is 2.66. The van der Waals surface area contributed by atoms with Crippen molar-refractivity contribution in [1.82, 2.24) is 0 Å². The smallest absolute Gasteiger partial charge is 0.416 e. The molecule has 0 aliphatic heterocycles. The summed E-state index contributed by atoms with van der Waals surface area (Å²) in [5, 5.41) is 22.4. The molecule has 0 spiro atoms. The van der Waals surface area contributed by atoms with Crippen LogP contribution in [0.4, 0.5) is 24.5 Å². The second kappa shape index (κ2) is 8.95. The molecular formula is C21H11ClF3N3O4.